The molecule has 2 N–H and O–H groups in total. The Bertz CT molecular complexity index is 554. The predicted molar refractivity (Wildman–Crippen MR) is 87.0 cm³/mol. The predicted octanol–water partition coefficient (Wildman–Crippen LogP) is 3.35. The summed E-state index contributed by atoms with van der Waals surface area (Å²) >= 11 is 0. The smallest absolute Gasteiger partial charge is 0.244 e. The van der Waals surface area contributed by atoms with Gasteiger partial charge in [0.15, 0.2) is 0 Å². The molecule has 0 aliphatic carbocycles. The van der Waals surface area contributed by atoms with Gasteiger partial charge in [0, 0.05) is 5.69 Å². The van der Waals surface area contributed by atoms with Crippen LogP contribution in [0.25, 0.3) is 0 Å². The van der Waals surface area contributed by atoms with Crippen LogP contribution in [0.15, 0.2) is 60.7 Å². The van der Waals surface area contributed by atoms with Crippen LogP contribution in [0, 0.1) is 0 Å². The van der Waals surface area contributed by atoms with E-state index in [0.29, 0.717) is 13.0 Å². The fourth-order valence-corrected chi connectivity index (χ4v) is 2.31. The maximum atomic E-state index is 12.6. The third-order valence-electron chi connectivity index (χ3n) is 3.43. The average Bonchev–Trinajstić information content (AvgIpc) is 2.54. The maximum Gasteiger partial charge on any atom is 0.244 e. The highest BCUT2D eigenvalue weighted by molar-refractivity contribution is 5.96. The van der Waals surface area contributed by atoms with Gasteiger partial charge in [0.25, 0.3) is 0 Å². The van der Waals surface area contributed by atoms with Crippen LogP contribution in [0.5, 0.6) is 0 Å². The van der Waals surface area contributed by atoms with E-state index < -0.39 is 6.04 Å². The van der Waals surface area contributed by atoms with Crippen molar-refractivity contribution in [3.63, 3.8) is 0 Å². The first kappa shape index (κ1) is 15.3. The van der Waals surface area contributed by atoms with E-state index in [1.165, 1.54) is 0 Å². The Labute approximate surface area is 126 Å². The van der Waals surface area contributed by atoms with E-state index in [-0.39, 0.29) is 5.91 Å². The molecular formula is C18H22N2O. The van der Waals surface area contributed by atoms with Gasteiger partial charge in [-0.2, -0.15) is 0 Å². The largest absolute Gasteiger partial charge is 0.320 e. The Morgan fingerprint density at radius 2 is 1.62 bits per heavy atom. The number of benzene rings is 2. The fraction of sp³-hybridized carbons (Fsp3) is 0.278. The third-order valence-corrected chi connectivity index (χ3v) is 3.43. The summed E-state index contributed by atoms with van der Waals surface area (Å²) < 4.78 is 0. The van der Waals surface area contributed by atoms with Gasteiger partial charge in [-0.05, 0) is 24.1 Å². The van der Waals surface area contributed by atoms with Crippen LogP contribution in [0.4, 0.5) is 5.69 Å². The topological polar surface area (TPSA) is 46.3 Å². The molecule has 21 heavy (non-hydrogen) atoms. The molecule has 0 unspecified atom stereocenters. The van der Waals surface area contributed by atoms with Crippen molar-refractivity contribution in [2.45, 2.75) is 32.4 Å². The molecule has 2 aromatic rings. The van der Waals surface area contributed by atoms with Gasteiger partial charge in [-0.1, -0.05) is 61.9 Å². The van der Waals surface area contributed by atoms with E-state index in [1.807, 2.05) is 67.6 Å². The number of hydrogen-bond donors (Lipinski definition) is 1. The first-order chi connectivity index (χ1) is 10.2. The number of hydrogen-bond acceptors (Lipinski definition) is 2. The number of amides is 1. The molecule has 0 aliphatic rings. The second-order valence-corrected chi connectivity index (χ2v) is 5.14. The minimum atomic E-state index is -0.445. The number of carbonyl (C=O) groups excluding carboxylic acids is 1. The molecule has 3 heteroatoms. The van der Waals surface area contributed by atoms with Gasteiger partial charge in [0.2, 0.25) is 5.91 Å². The zero-order valence-corrected chi connectivity index (χ0v) is 12.4. The molecule has 0 heterocycles. The van der Waals surface area contributed by atoms with Gasteiger partial charge in [0.1, 0.15) is 0 Å². The summed E-state index contributed by atoms with van der Waals surface area (Å²) in [7, 11) is 0. The van der Waals surface area contributed by atoms with E-state index in [0.717, 1.165) is 17.7 Å². The minimum absolute atomic E-state index is 0.0214. The Hall–Kier alpha value is -2.13. The molecule has 0 radical (unpaired) electrons. The molecule has 0 spiro atoms. The lowest BCUT2D eigenvalue weighted by Gasteiger charge is -2.26. The molecule has 0 aliphatic heterocycles. The molecule has 0 aromatic heterocycles. The second-order valence-electron chi connectivity index (χ2n) is 5.14. The number of nitrogens with zero attached hydrogens (tertiary/aromatic N) is 1. The van der Waals surface area contributed by atoms with Crippen molar-refractivity contribution in [1.82, 2.24) is 0 Å². The lowest BCUT2D eigenvalue weighted by Crippen LogP contribution is -2.43. The Balaban J connectivity index is 2.24. The molecule has 0 saturated heterocycles. The van der Waals surface area contributed by atoms with Crippen molar-refractivity contribution >= 4 is 11.6 Å². The average molecular weight is 282 g/mol. The molecule has 0 fully saturated rings. The van der Waals surface area contributed by atoms with Crippen LogP contribution in [-0.2, 0) is 11.3 Å². The first-order valence-corrected chi connectivity index (χ1v) is 7.38. The zero-order chi connectivity index (χ0) is 15.1. The number of carbonyl (C=O) groups is 1. The van der Waals surface area contributed by atoms with Crippen LogP contribution in [-0.4, -0.2) is 11.9 Å². The van der Waals surface area contributed by atoms with Crippen LogP contribution in [0.1, 0.15) is 25.3 Å². The molecule has 110 valence electrons. The van der Waals surface area contributed by atoms with Gasteiger partial charge >= 0.3 is 0 Å². The Kier molecular flexibility index (Phi) is 5.52. The summed E-state index contributed by atoms with van der Waals surface area (Å²) in [6, 6.07) is 19.2. The van der Waals surface area contributed by atoms with Gasteiger partial charge in [-0.25, -0.2) is 0 Å². The Morgan fingerprint density at radius 3 is 2.19 bits per heavy atom. The molecule has 2 rings (SSSR count). The maximum absolute atomic E-state index is 12.6. The lowest BCUT2D eigenvalue weighted by atomic mass is 10.1. The number of nitrogens with two attached hydrogens (primary N) is 1. The van der Waals surface area contributed by atoms with Crippen LogP contribution >= 0.6 is 0 Å². The number of para-hydroxylation sites is 1. The summed E-state index contributed by atoms with van der Waals surface area (Å²) in [6.07, 6.45) is 1.61. The van der Waals surface area contributed by atoms with Gasteiger partial charge < -0.3 is 10.6 Å². The SMILES string of the molecule is CCC[C@H](N)C(=O)N(Cc1ccccc1)c1ccccc1. The third kappa shape index (κ3) is 4.17. The normalized spacial score (nSPS) is 11.9. The van der Waals surface area contributed by atoms with E-state index in [4.69, 9.17) is 5.73 Å². The molecule has 2 aromatic carbocycles. The number of anilines is 1. The van der Waals surface area contributed by atoms with Crippen molar-refractivity contribution in [3.05, 3.63) is 66.2 Å². The van der Waals surface area contributed by atoms with Crippen LogP contribution in [0.3, 0.4) is 0 Å². The standard InChI is InChI=1S/C18H22N2O/c1-2-9-17(19)18(21)20(16-12-7-4-8-13-16)14-15-10-5-3-6-11-15/h3-8,10-13,17H,2,9,14,19H2,1H3/t17-/m0/s1. The quantitative estimate of drug-likeness (QED) is 0.883. The van der Waals surface area contributed by atoms with Crippen molar-refractivity contribution in [1.29, 1.82) is 0 Å². The van der Waals surface area contributed by atoms with E-state index in [1.54, 1.807) is 4.90 Å². The van der Waals surface area contributed by atoms with E-state index in [9.17, 15) is 4.79 Å². The van der Waals surface area contributed by atoms with Crippen molar-refractivity contribution < 1.29 is 4.79 Å². The van der Waals surface area contributed by atoms with E-state index in [2.05, 4.69) is 0 Å². The monoisotopic (exact) mass is 282 g/mol. The summed E-state index contributed by atoms with van der Waals surface area (Å²) in [5, 5.41) is 0. The summed E-state index contributed by atoms with van der Waals surface area (Å²) in [5.41, 5.74) is 8.01. The zero-order valence-electron chi connectivity index (χ0n) is 12.4. The molecule has 0 saturated carbocycles. The van der Waals surface area contributed by atoms with Crippen LogP contribution < -0.4 is 10.6 Å². The van der Waals surface area contributed by atoms with Gasteiger partial charge in [0.05, 0.1) is 12.6 Å². The lowest BCUT2D eigenvalue weighted by molar-refractivity contribution is -0.120. The van der Waals surface area contributed by atoms with Crippen molar-refractivity contribution in [2.75, 3.05) is 4.90 Å². The van der Waals surface area contributed by atoms with Crippen molar-refractivity contribution in [3.8, 4) is 0 Å². The highest BCUT2D eigenvalue weighted by Gasteiger charge is 2.21. The van der Waals surface area contributed by atoms with Crippen LogP contribution in [0.2, 0.25) is 0 Å². The molecule has 1 amide bonds. The second kappa shape index (κ2) is 7.60. The highest BCUT2D eigenvalue weighted by atomic mass is 16.2. The summed E-state index contributed by atoms with van der Waals surface area (Å²) in [6.45, 7) is 2.58. The van der Waals surface area contributed by atoms with E-state index >= 15 is 0 Å². The molecule has 0 bridgehead atoms. The molecular weight excluding hydrogens is 260 g/mol. The first-order valence-electron chi connectivity index (χ1n) is 7.38. The van der Waals surface area contributed by atoms with Gasteiger partial charge in [-0.15, -0.1) is 0 Å². The Morgan fingerprint density at radius 1 is 1.05 bits per heavy atom. The minimum Gasteiger partial charge on any atom is -0.320 e. The number of rotatable bonds is 6. The summed E-state index contributed by atoms with van der Waals surface area (Å²) in [4.78, 5) is 14.4. The fourth-order valence-electron chi connectivity index (χ4n) is 2.31. The molecule has 1 atom stereocenters. The highest BCUT2D eigenvalue weighted by Crippen LogP contribution is 2.18. The van der Waals surface area contributed by atoms with Crippen molar-refractivity contribution in [2.24, 2.45) is 5.73 Å². The molecule has 3 nitrogen and oxygen atoms in total. The van der Waals surface area contributed by atoms with Gasteiger partial charge in [-0.3, -0.25) is 4.79 Å². The summed E-state index contributed by atoms with van der Waals surface area (Å²) in [5.74, 6) is -0.0214.